The quantitative estimate of drug-likeness (QED) is 0.799. The molecule has 0 bridgehead atoms. The third-order valence-corrected chi connectivity index (χ3v) is 4.03. The van der Waals surface area contributed by atoms with Crippen molar-refractivity contribution in [1.82, 2.24) is 5.32 Å². The molecule has 19 heavy (non-hydrogen) atoms. The van der Waals surface area contributed by atoms with Gasteiger partial charge in [-0.25, -0.2) is 0 Å². The zero-order chi connectivity index (χ0) is 13.9. The highest BCUT2D eigenvalue weighted by Gasteiger charge is 2.37. The molecule has 3 N–H and O–H groups in total. The van der Waals surface area contributed by atoms with Crippen LogP contribution in [-0.4, -0.2) is 12.5 Å². The molecule has 1 amide bonds. The molecule has 3 nitrogen and oxygen atoms in total. The van der Waals surface area contributed by atoms with Crippen molar-refractivity contribution in [2.24, 2.45) is 11.3 Å². The van der Waals surface area contributed by atoms with Gasteiger partial charge in [0, 0.05) is 17.8 Å². The monoisotopic (exact) mass is 260 g/mol. The second kappa shape index (κ2) is 5.64. The summed E-state index contributed by atoms with van der Waals surface area (Å²) in [5, 5.41) is 3.08. The number of nitrogens with one attached hydrogen (secondary N) is 1. The molecular weight excluding hydrogens is 236 g/mol. The number of hydrogen-bond donors (Lipinski definition) is 2. The van der Waals surface area contributed by atoms with Gasteiger partial charge in [0.25, 0.3) is 5.91 Å². The number of amides is 1. The van der Waals surface area contributed by atoms with Crippen molar-refractivity contribution in [2.75, 3.05) is 12.3 Å². The van der Waals surface area contributed by atoms with Gasteiger partial charge in [-0.05, 0) is 48.8 Å². The Labute approximate surface area is 115 Å². The van der Waals surface area contributed by atoms with Crippen molar-refractivity contribution in [3.63, 3.8) is 0 Å². The van der Waals surface area contributed by atoms with E-state index in [-0.39, 0.29) is 5.91 Å². The summed E-state index contributed by atoms with van der Waals surface area (Å²) < 4.78 is 0. The summed E-state index contributed by atoms with van der Waals surface area (Å²) in [6.45, 7) is 5.29. The number of carbonyl (C=O) groups excluding carboxylic acids is 1. The minimum absolute atomic E-state index is 0.0117. The fourth-order valence-corrected chi connectivity index (χ4v) is 3.05. The maximum atomic E-state index is 12.1. The Balaban J connectivity index is 1.92. The van der Waals surface area contributed by atoms with Crippen LogP contribution in [0.3, 0.4) is 0 Å². The molecule has 0 radical (unpaired) electrons. The lowest BCUT2D eigenvalue weighted by molar-refractivity contribution is 0.0781. The molecule has 1 aliphatic carbocycles. The van der Waals surface area contributed by atoms with E-state index in [1.54, 1.807) is 12.1 Å². The lowest BCUT2D eigenvalue weighted by Crippen LogP contribution is -2.43. The predicted octanol–water partition coefficient (Wildman–Crippen LogP) is 3.22. The number of benzene rings is 1. The van der Waals surface area contributed by atoms with Crippen molar-refractivity contribution in [1.29, 1.82) is 0 Å². The first-order valence-corrected chi connectivity index (χ1v) is 7.14. The van der Waals surface area contributed by atoms with E-state index < -0.39 is 0 Å². The largest absolute Gasteiger partial charge is 0.399 e. The van der Waals surface area contributed by atoms with E-state index in [9.17, 15) is 4.79 Å². The summed E-state index contributed by atoms with van der Waals surface area (Å²) in [6.07, 6.45) is 4.97. The summed E-state index contributed by atoms with van der Waals surface area (Å²) >= 11 is 0. The number of anilines is 1. The van der Waals surface area contributed by atoms with Crippen LogP contribution in [0.25, 0.3) is 0 Å². The van der Waals surface area contributed by atoms with Gasteiger partial charge < -0.3 is 11.1 Å². The highest BCUT2D eigenvalue weighted by atomic mass is 16.1. The van der Waals surface area contributed by atoms with Crippen molar-refractivity contribution in [3.05, 3.63) is 29.8 Å². The number of nitrogens with two attached hydrogens (primary N) is 1. The molecule has 104 valence electrons. The molecule has 1 aromatic carbocycles. The third-order valence-electron chi connectivity index (χ3n) is 4.03. The summed E-state index contributed by atoms with van der Waals surface area (Å²) in [7, 11) is 0. The molecule has 0 aliphatic heterocycles. The SMILES string of the molecule is CC(C)CC1(CNC(=O)c2cccc(N)c2)CCC1. The Morgan fingerprint density at radius 3 is 2.68 bits per heavy atom. The number of rotatable bonds is 5. The van der Waals surface area contributed by atoms with Crippen LogP contribution in [0.5, 0.6) is 0 Å². The summed E-state index contributed by atoms with van der Waals surface area (Å²) in [4.78, 5) is 12.1. The molecule has 0 heterocycles. The smallest absolute Gasteiger partial charge is 0.251 e. The lowest BCUT2D eigenvalue weighted by Gasteiger charge is -2.43. The molecule has 0 atom stereocenters. The van der Waals surface area contributed by atoms with E-state index in [0.29, 0.717) is 22.6 Å². The van der Waals surface area contributed by atoms with Crippen LogP contribution in [0.1, 0.15) is 49.9 Å². The standard InChI is InChI=1S/C16H24N2O/c1-12(2)10-16(7-4-8-16)11-18-15(19)13-5-3-6-14(17)9-13/h3,5-6,9,12H,4,7-8,10-11,17H2,1-2H3,(H,18,19). The Kier molecular flexibility index (Phi) is 4.13. The maximum Gasteiger partial charge on any atom is 0.251 e. The summed E-state index contributed by atoms with van der Waals surface area (Å²) in [5.74, 6) is 0.673. The number of hydrogen-bond acceptors (Lipinski definition) is 2. The molecule has 1 saturated carbocycles. The van der Waals surface area contributed by atoms with Gasteiger partial charge in [-0.1, -0.05) is 26.3 Å². The fraction of sp³-hybridized carbons (Fsp3) is 0.562. The molecule has 1 aromatic rings. The molecule has 0 unspecified atom stereocenters. The van der Waals surface area contributed by atoms with Crippen molar-refractivity contribution in [3.8, 4) is 0 Å². The molecule has 2 rings (SSSR count). The predicted molar refractivity (Wildman–Crippen MR) is 78.9 cm³/mol. The summed E-state index contributed by atoms with van der Waals surface area (Å²) in [6, 6.07) is 7.15. The van der Waals surface area contributed by atoms with Gasteiger partial charge >= 0.3 is 0 Å². The highest BCUT2D eigenvalue weighted by molar-refractivity contribution is 5.95. The Hall–Kier alpha value is -1.51. The van der Waals surface area contributed by atoms with Gasteiger partial charge in [0.2, 0.25) is 0 Å². The zero-order valence-electron chi connectivity index (χ0n) is 11.9. The van der Waals surface area contributed by atoms with E-state index in [2.05, 4.69) is 19.2 Å². The summed E-state index contributed by atoms with van der Waals surface area (Å²) in [5.41, 5.74) is 7.32. The normalized spacial score (nSPS) is 17.0. The molecule has 0 aromatic heterocycles. The van der Waals surface area contributed by atoms with Gasteiger partial charge in [0.1, 0.15) is 0 Å². The van der Waals surface area contributed by atoms with Gasteiger partial charge in [-0.3, -0.25) is 4.79 Å². The second-order valence-corrected chi connectivity index (χ2v) is 6.26. The minimum Gasteiger partial charge on any atom is -0.399 e. The highest BCUT2D eigenvalue weighted by Crippen LogP contribution is 2.45. The van der Waals surface area contributed by atoms with Crippen LogP contribution in [-0.2, 0) is 0 Å². The topological polar surface area (TPSA) is 55.1 Å². The number of nitrogen functional groups attached to an aromatic ring is 1. The molecule has 0 spiro atoms. The van der Waals surface area contributed by atoms with E-state index in [0.717, 1.165) is 6.54 Å². The van der Waals surface area contributed by atoms with Crippen LogP contribution >= 0.6 is 0 Å². The molecular formula is C16H24N2O. The minimum atomic E-state index is -0.0117. The Morgan fingerprint density at radius 2 is 2.16 bits per heavy atom. The number of carbonyl (C=O) groups is 1. The maximum absolute atomic E-state index is 12.1. The first-order valence-electron chi connectivity index (χ1n) is 7.14. The van der Waals surface area contributed by atoms with E-state index in [1.807, 2.05) is 12.1 Å². The fourth-order valence-electron chi connectivity index (χ4n) is 3.05. The molecule has 1 aliphatic rings. The Morgan fingerprint density at radius 1 is 1.42 bits per heavy atom. The van der Waals surface area contributed by atoms with Crippen molar-refractivity contribution < 1.29 is 4.79 Å². The van der Waals surface area contributed by atoms with Gasteiger partial charge in [0.15, 0.2) is 0 Å². The van der Waals surface area contributed by atoms with Gasteiger partial charge in [-0.2, -0.15) is 0 Å². The molecule has 1 fully saturated rings. The van der Waals surface area contributed by atoms with Crippen LogP contribution in [0, 0.1) is 11.3 Å². The molecule has 3 heteroatoms. The van der Waals surface area contributed by atoms with Crippen LogP contribution in [0.15, 0.2) is 24.3 Å². The first kappa shape index (κ1) is 13.9. The first-order chi connectivity index (χ1) is 9.01. The van der Waals surface area contributed by atoms with Gasteiger partial charge in [-0.15, -0.1) is 0 Å². The average molecular weight is 260 g/mol. The van der Waals surface area contributed by atoms with E-state index >= 15 is 0 Å². The van der Waals surface area contributed by atoms with Gasteiger partial charge in [0.05, 0.1) is 0 Å². The second-order valence-electron chi connectivity index (χ2n) is 6.26. The van der Waals surface area contributed by atoms with Crippen LogP contribution < -0.4 is 11.1 Å². The van der Waals surface area contributed by atoms with Crippen LogP contribution in [0.2, 0.25) is 0 Å². The third kappa shape index (κ3) is 3.49. The van der Waals surface area contributed by atoms with E-state index in [1.165, 1.54) is 25.7 Å². The molecule has 0 saturated heterocycles. The van der Waals surface area contributed by atoms with Crippen molar-refractivity contribution in [2.45, 2.75) is 39.5 Å². The van der Waals surface area contributed by atoms with Crippen LogP contribution in [0.4, 0.5) is 5.69 Å². The Bertz CT molecular complexity index is 450. The average Bonchev–Trinajstić information content (AvgIpc) is 2.31. The zero-order valence-corrected chi connectivity index (χ0v) is 11.9. The van der Waals surface area contributed by atoms with Crippen molar-refractivity contribution >= 4 is 11.6 Å². The van der Waals surface area contributed by atoms with E-state index in [4.69, 9.17) is 5.73 Å². The lowest BCUT2D eigenvalue weighted by atomic mass is 9.64.